The Labute approximate surface area is 164 Å². The van der Waals surface area contributed by atoms with E-state index in [9.17, 15) is 4.79 Å². The second kappa shape index (κ2) is 8.31. The lowest BCUT2D eigenvalue weighted by Gasteiger charge is -2.16. The van der Waals surface area contributed by atoms with Gasteiger partial charge in [-0.3, -0.25) is 4.79 Å². The minimum Gasteiger partial charge on any atom is -0.338 e. The van der Waals surface area contributed by atoms with Gasteiger partial charge in [0.1, 0.15) is 17.6 Å². The summed E-state index contributed by atoms with van der Waals surface area (Å²) in [6, 6.07) is 15.2. The van der Waals surface area contributed by atoms with Crippen molar-refractivity contribution in [2.24, 2.45) is 0 Å². The molecule has 0 spiro atoms. The maximum atomic E-state index is 12.6. The van der Waals surface area contributed by atoms with Crippen molar-refractivity contribution in [2.45, 2.75) is 26.7 Å². The van der Waals surface area contributed by atoms with E-state index in [1.54, 1.807) is 18.2 Å². The molecule has 0 aliphatic heterocycles. The Morgan fingerprint density at radius 1 is 1.07 bits per heavy atom. The summed E-state index contributed by atoms with van der Waals surface area (Å²) in [6.45, 7) is 6.14. The fourth-order valence-electron chi connectivity index (χ4n) is 2.86. The van der Waals surface area contributed by atoms with E-state index in [0.717, 1.165) is 16.8 Å². The van der Waals surface area contributed by atoms with E-state index in [2.05, 4.69) is 40.5 Å². The number of carbonyl (C=O) groups excluding carboxylic acids is 1. The van der Waals surface area contributed by atoms with Gasteiger partial charge in [0.25, 0.3) is 5.91 Å². The molecule has 2 aromatic carbocycles. The number of nitriles is 1. The second-order valence-corrected chi connectivity index (χ2v) is 6.72. The Morgan fingerprint density at radius 3 is 2.54 bits per heavy atom. The van der Waals surface area contributed by atoms with Gasteiger partial charge >= 0.3 is 0 Å². The molecule has 1 aromatic heterocycles. The number of nitrogens with one attached hydrogen (secondary N) is 2. The number of carbonyl (C=O) groups is 1. The first kappa shape index (κ1) is 19.1. The summed E-state index contributed by atoms with van der Waals surface area (Å²) in [5, 5.41) is 15.2. The van der Waals surface area contributed by atoms with Crippen molar-refractivity contribution in [1.82, 2.24) is 9.97 Å². The van der Waals surface area contributed by atoms with Gasteiger partial charge in [0.05, 0.1) is 23.6 Å². The lowest BCUT2D eigenvalue weighted by Crippen LogP contribution is -2.16. The van der Waals surface area contributed by atoms with Crippen LogP contribution in [-0.2, 0) is 0 Å². The third kappa shape index (κ3) is 4.15. The molecule has 0 aliphatic rings. The molecule has 0 atom stereocenters. The predicted octanol–water partition coefficient (Wildman–Crippen LogP) is 4.78. The second-order valence-electron chi connectivity index (χ2n) is 6.72. The van der Waals surface area contributed by atoms with Crippen LogP contribution in [0.25, 0.3) is 0 Å². The maximum absolute atomic E-state index is 12.6. The van der Waals surface area contributed by atoms with Crippen molar-refractivity contribution in [3.05, 3.63) is 77.2 Å². The van der Waals surface area contributed by atoms with Crippen LogP contribution < -0.4 is 10.6 Å². The third-order valence-electron chi connectivity index (χ3n) is 4.36. The molecule has 140 valence electrons. The summed E-state index contributed by atoms with van der Waals surface area (Å²) >= 11 is 0. The van der Waals surface area contributed by atoms with Crippen LogP contribution >= 0.6 is 0 Å². The monoisotopic (exact) mass is 371 g/mol. The van der Waals surface area contributed by atoms with Crippen LogP contribution in [0.1, 0.15) is 46.9 Å². The molecule has 3 rings (SSSR count). The van der Waals surface area contributed by atoms with Crippen molar-refractivity contribution < 1.29 is 4.79 Å². The molecule has 0 fully saturated rings. The first-order valence-electron chi connectivity index (χ1n) is 8.98. The molecule has 0 saturated heterocycles. The zero-order valence-corrected chi connectivity index (χ0v) is 16.0. The van der Waals surface area contributed by atoms with Crippen LogP contribution in [0.2, 0.25) is 0 Å². The number of aryl methyl sites for hydroxylation is 1. The van der Waals surface area contributed by atoms with E-state index in [-0.39, 0.29) is 17.5 Å². The summed E-state index contributed by atoms with van der Waals surface area (Å²) in [5.41, 5.74) is 4.25. The summed E-state index contributed by atoms with van der Waals surface area (Å²) in [5.74, 6) is 0.429. The van der Waals surface area contributed by atoms with Crippen LogP contribution in [0.3, 0.4) is 0 Å². The lowest BCUT2D eigenvalue weighted by atomic mass is 9.98. The maximum Gasteiger partial charge on any atom is 0.275 e. The quantitative estimate of drug-likeness (QED) is 0.674. The van der Waals surface area contributed by atoms with Crippen LogP contribution in [0.5, 0.6) is 0 Å². The number of aromatic nitrogens is 2. The molecule has 0 unspecified atom stereocenters. The number of amides is 1. The highest BCUT2D eigenvalue weighted by Gasteiger charge is 2.14. The molecule has 28 heavy (non-hydrogen) atoms. The van der Waals surface area contributed by atoms with Crippen molar-refractivity contribution >= 4 is 23.1 Å². The van der Waals surface area contributed by atoms with Gasteiger partial charge in [0, 0.05) is 5.69 Å². The molecule has 0 bridgehead atoms. The molecule has 0 aliphatic carbocycles. The van der Waals surface area contributed by atoms with Crippen LogP contribution in [-0.4, -0.2) is 15.9 Å². The normalized spacial score (nSPS) is 10.4. The van der Waals surface area contributed by atoms with Crippen molar-refractivity contribution in [3.63, 3.8) is 0 Å². The number of nitrogens with zero attached hydrogens (tertiary/aromatic N) is 3. The number of anilines is 3. The summed E-state index contributed by atoms with van der Waals surface area (Å²) in [7, 11) is 0. The smallest absolute Gasteiger partial charge is 0.275 e. The van der Waals surface area contributed by atoms with Crippen molar-refractivity contribution in [3.8, 4) is 6.07 Å². The molecule has 1 amide bonds. The van der Waals surface area contributed by atoms with Gasteiger partial charge in [-0.2, -0.15) is 5.26 Å². The van der Waals surface area contributed by atoms with Gasteiger partial charge in [0.2, 0.25) is 0 Å². The minimum atomic E-state index is -0.312. The van der Waals surface area contributed by atoms with Crippen molar-refractivity contribution in [2.75, 3.05) is 10.6 Å². The number of benzene rings is 2. The summed E-state index contributed by atoms with van der Waals surface area (Å²) in [4.78, 5) is 21.1. The molecule has 6 nitrogen and oxygen atoms in total. The largest absolute Gasteiger partial charge is 0.338 e. The highest BCUT2D eigenvalue weighted by atomic mass is 16.1. The Morgan fingerprint density at radius 2 is 1.86 bits per heavy atom. The van der Waals surface area contributed by atoms with Gasteiger partial charge in [0.15, 0.2) is 0 Å². The third-order valence-corrected chi connectivity index (χ3v) is 4.36. The van der Waals surface area contributed by atoms with Crippen LogP contribution in [0, 0.1) is 18.3 Å². The van der Waals surface area contributed by atoms with E-state index < -0.39 is 0 Å². The fraction of sp³-hybridized carbons (Fsp3) is 0.182. The average molecular weight is 371 g/mol. The summed E-state index contributed by atoms with van der Waals surface area (Å²) in [6.07, 6.45) is 2.89. The number of para-hydroxylation sites is 2. The molecular weight excluding hydrogens is 350 g/mol. The Hall–Kier alpha value is -3.72. The first-order chi connectivity index (χ1) is 13.5. The predicted molar refractivity (Wildman–Crippen MR) is 110 cm³/mol. The molecule has 3 aromatic rings. The average Bonchev–Trinajstić information content (AvgIpc) is 2.70. The van der Waals surface area contributed by atoms with Gasteiger partial charge in [-0.05, 0) is 36.1 Å². The van der Waals surface area contributed by atoms with Crippen LogP contribution in [0.4, 0.5) is 17.2 Å². The molecule has 6 heteroatoms. The highest BCUT2D eigenvalue weighted by molar-refractivity contribution is 6.03. The molecule has 2 N–H and O–H groups in total. The molecule has 0 radical (unpaired) electrons. The zero-order chi connectivity index (χ0) is 20.1. The van der Waals surface area contributed by atoms with E-state index in [0.29, 0.717) is 17.1 Å². The minimum absolute atomic E-state index is 0.220. The van der Waals surface area contributed by atoms with Crippen molar-refractivity contribution in [1.29, 1.82) is 5.26 Å². The number of hydrogen-bond donors (Lipinski definition) is 2. The fourth-order valence-corrected chi connectivity index (χ4v) is 2.86. The zero-order valence-electron chi connectivity index (χ0n) is 16.0. The van der Waals surface area contributed by atoms with E-state index in [1.165, 1.54) is 12.4 Å². The summed E-state index contributed by atoms with van der Waals surface area (Å²) < 4.78 is 0. The first-order valence-corrected chi connectivity index (χ1v) is 8.98. The molecular formula is C22H21N5O. The Balaban J connectivity index is 1.77. The molecule has 1 heterocycles. The van der Waals surface area contributed by atoms with Gasteiger partial charge < -0.3 is 10.6 Å². The van der Waals surface area contributed by atoms with E-state index in [4.69, 9.17) is 5.26 Å². The number of rotatable bonds is 5. The SMILES string of the molecule is Cc1cccc(C(C)C)c1NC(=O)c1cnc(Nc2ccccc2C#N)cn1. The van der Waals surface area contributed by atoms with Gasteiger partial charge in [-0.1, -0.05) is 44.2 Å². The molecule has 0 saturated carbocycles. The number of hydrogen-bond acceptors (Lipinski definition) is 5. The standard InChI is InChI=1S/C22H21N5O/c1-14(2)17-9-6-7-15(3)21(17)27-22(28)19-12-25-20(13-24-19)26-18-10-5-4-8-16(18)11-23/h4-10,12-14H,1-3H3,(H,25,26)(H,27,28). The topological polar surface area (TPSA) is 90.7 Å². The van der Waals surface area contributed by atoms with Crippen LogP contribution in [0.15, 0.2) is 54.9 Å². The van der Waals surface area contributed by atoms with E-state index >= 15 is 0 Å². The lowest BCUT2D eigenvalue weighted by molar-refractivity contribution is 0.102. The highest BCUT2D eigenvalue weighted by Crippen LogP contribution is 2.27. The van der Waals surface area contributed by atoms with Gasteiger partial charge in [-0.15, -0.1) is 0 Å². The van der Waals surface area contributed by atoms with Gasteiger partial charge in [-0.25, -0.2) is 9.97 Å². The Kier molecular flexibility index (Phi) is 5.66. The Bertz CT molecular complexity index is 1040. The van der Waals surface area contributed by atoms with E-state index in [1.807, 2.05) is 31.2 Å².